The van der Waals surface area contributed by atoms with Gasteiger partial charge in [0.25, 0.3) is 0 Å². The predicted molar refractivity (Wildman–Crippen MR) is 152 cm³/mol. The molecule has 0 saturated heterocycles. The molecule has 37 heavy (non-hydrogen) atoms. The summed E-state index contributed by atoms with van der Waals surface area (Å²) in [5.41, 5.74) is 4.99. The molecule has 3 heterocycles. The maximum Gasteiger partial charge on any atom is 0.164 e. The van der Waals surface area contributed by atoms with Crippen LogP contribution in [0.3, 0.4) is 0 Å². The number of hydrogen-bond acceptors (Lipinski definition) is 3. The highest BCUT2D eigenvalue weighted by Gasteiger charge is 2.18. The third-order valence-electron chi connectivity index (χ3n) is 7.21. The predicted octanol–water partition coefficient (Wildman–Crippen LogP) is 8.10. The summed E-state index contributed by atoms with van der Waals surface area (Å²) in [4.78, 5) is 14.9. The van der Waals surface area contributed by atoms with Crippen molar-refractivity contribution >= 4 is 54.4 Å². The molecule has 0 aliphatic heterocycles. The maximum atomic E-state index is 5.26. The van der Waals surface area contributed by atoms with E-state index < -0.39 is 0 Å². The normalized spacial score (nSPS) is 11.8. The Kier molecular flexibility index (Phi) is 4.19. The van der Waals surface area contributed by atoms with Gasteiger partial charge in [0.1, 0.15) is 5.82 Å². The van der Waals surface area contributed by atoms with Gasteiger partial charge in [-0.3, -0.25) is 9.55 Å². The summed E-state index contributed by atoms with van der Waals surface area (Å²) in [6.45, 7) is 0. The zero-order valence-electron chi connectivity index (χ0n) is 19.8. The van der Waals surface area contributed by atoms with Gasteiger partial charge in [-0.1, -0.05) is 72.8 Å². The van der Waals surface area contributed by atoms with Crippen molar-refractivity contribution in [3.05, 3.63) is 121 Å². The quantitative estimate of drug-likeness (QED) is 0.255. The zero-order valence-corrected chi connectivity index (χ0v) is 19.8. The summed E-state index contributed by atoms with van der Waals surface area (Å²) in [6, 6.07) is 40.1. The van der Waals surface area contributed by atoms with Gasteiger partial charge in [-0.2, -0.15) is 0 Å². The minimum Gasteiger partial charge on any atom is -0.293 e. The fourth-order valence-corrected chi connectivity index (χ4v) is 5.52. The second kappa shape index (κ2) is 7.70. The first kappa shape index (κ1) is 20.1. The van der Waals surface area contributed by atoms with Crippen LogP contribution in [0.25, 0.3) is 71.6 Å². The van der Waals surface area contributed by atoms with Crippen molar-refractivity contribution in [1.29, 1.82) is 0 Å². The molecule has 0 aliphatic carbocycles. The van der Waals surface area contributed by atoms with Crippen LogP contribution >= 0.6 is 0 Å². The first-order valence-corrected chi connectivity index (χ1v) is 12.4. The van der Waals surface area contributed by atoms with Gasteiger partial charge in [-0.15, -0.1) is 0 Å². The van der Waals surface area contributed by atoms with E-state index in [1.807, 2.05) is 24.4 Å². The van der Waals surface area contributed by atoms with Crippen LogP contribution in [0.4, 0.5) is 0 Å². The largest absolute Gasteiger partial charge is 0.293 e. The van der Waals surface area contributed by atoms with Crippen molar-refractivity contribution in [2.75, 3.05) is 0 Å². The molecule has 8 aromatic rings. The van der Waals surface area contributed by atoms with Gasteiger partial charge in [0.05, 0.1) is 22.1 Å². The Morgan fingerprint density at radius 3 is 2.16 bits per heavy atom. The van der Waals surface area contributed by atoms with E-state index in [9.17, 15) is 0 Å². The van der Waals surface area contributed by atoms with Crippen LogP contribution in [0.15, 0.2) is 121 Å². The average molecular weight is 473 g/mol. The van der Waals surface area contributed by atoms with Crippen molar-refractivity contribution in [2.45, 2.75) is 0 Å². The SMILES string of the molecule is c1ccc2cc3c(cc2c1)c1ccccc1n3-c1nc(-c2cccc3cccnc23)nc2ccccc12. The van der Waals surface area contributed by atoms with Gasteiger partial charge < -0.3 is 0 Å². The molecule has 4 nitrogen and oxygen atoms in total. The molecule has 0 spiro atoms. The van der Waals surface area contributed by atoms with Crippen molar-refractivity contribution < 1.29 is 0 Å². The smallest absolute Gasteiger partial charge is 0.164 e. The number of benzene rings is 5. The molecule has 8 rings (SSSR count). The molecule has 4 heteroatoms. The molecule has 0 radical (unpaired) electrons. The number of para-hydroxylation sites is 3. The van der Waals surface area contributed by atoms with E-state index >= 15 is 0 Å². The molecule has 0 saturated carbocycles. The molecular weight excluding hydrogens is 452 g/mol. The van der Waals surface area contributed by atoms with Crippen LogP contribution in [0, 0.1) is 0 Å². The molecule has 3 aromatic heterocycles. The van der Waals surface area contributed by atoms with Gasteiger partial charge in [-0.05, 0) is 53.2 Å². The highest BCUT2D eigenvalue weighted by Crippen LogP contribution is 2.37. The van der Waals surface area contributed by atoms with Crippen molar-refractivity contribution in [3.8, 4) is 17.2 Å². The lowest BCUT2D eigenvalue weighted by Crippen LogP contribution is -2.03. The summed E-state index contributed by atoms with van der Waals surface area (Å²) in [6.07, 6.45) is 1.83. The van der Waals surface area contributed by atoms with E-state index in [1.165, 1.54) is 21.5 Å². The van der Waals surface area contributed by atoms with Gasteiger partial charge in [-0.25, -0.2) is 9.97 Å². The summed E-state index contributed by atoms with van der Waals surface area (Å²) >= 11 is 0. The summed E-state index contributed by atoms with van der Waals surface area (Å²) in [5.74, 6) is 1.54. The highest BCUT2D eigenvalue weighted by atomic mass is 15.1. The monoisotopic (exact) mass is 472 g/mol. The molecule has 0 N–H and O–H groups in total. The molecule has 0 amide bonds. The second-order valence-electron chi connectivity index (χ2n) is 9.34. The van der Waals surface area contributed by atoms with Crippen LogP contribution < -0.4 is 0 Å². The number of nitrogens with zero attached hydrogens (tertiary/aromatic N) is 4. The van der Waals surface area contributed by atoms with E-state index in [2.05, 4.69) is 107 Å². The Morgan fingerprint density at radius 2 is 1.24 bits per heavy atom. The molecule has 0 atom stereocenters. The zero-order chi connectivity index (χ0) is 24.3. The first-order chi connectivity index (χ1) is 18.3. The van der Waals surface area contributed by atoms with E-state index in [1.54, 1.807) is 0 Å². The average Bonchev–Trinajstić information content (AvgIpc) is 3.28. The lowest BCUT2D eigenvalue weighted by molar-refractivity contribution is 1.08. The van der Waals surface area contributed by atoms with Crippen LogP contribution in [-0.2, 0) is 0 Å². The Balaban J connectivity index is 1.53. The first-order valence-electron chi connectivity index (χ1n) is 12.4. The lowest BCUT2D eigenvalue weighted by atomic mass is 10.1. The Bertz CT molecular complexity index is 2150. The third kappa shape index (κ3) is 2.99. The van der Waals surface area contributed by atoms with E-state index in [0.29, 0.717) is 5.82 Å². The van der Waals surface area contributed by atoms with Crippen LogP contribution in [0.1, 0.15) is 0 Å². The summed E-state index contributed by atoms with van der Waals surface area (Å²) in [7, 11) is 0. The molecule has 0 fully saturated rings. The lowest BCUT2D eigenvalue weighted by Gasteiger charge is -2.13. The summed E-state index contributed by atoms with van der Waals surface area (Å²) < 4.78 is 2.29. The van der Waals surface area contributed by atoms with E-state index in [4.69, 9.17) is 9.97 Å². The molecular formula is C33H20N4. The van der Waals surface area contributed by atoms with Crippen molar-refractivity contribution in [2.24, 2.45) is 0 Å². The number of pyridine rings is 1. The number of fused-ring (bicyclic) bond motifs is 6. The molecule has 0 unspecified atom stereocenters. The second-order valence-corrected chi connectivity index (χ2v) is 9.34. The fraction of sp³-hybridized carbons (Fsp3) is 0. The fourth-order valence-electron chi connectivity index (χ4n) is 5.52. The highest BCUT2D eigenvalue weighted by molar-refractivity contribution is 6.14. The Labute approximate surface area is 212 Å². The van der Waals surface area contributed by atoms with Gasteiger partial charge >= 0.3 is 0 Å². The van der Waals surface area contributed by atoms with Crippen molar-refractivity contribution in [3.63, 3.8) is 0 Å². The minimum atomic E-state index is 0.671. The molecule has 172 valence electrons. The van der Waals surface area contributed by atoms with E-state index in [-0.39, 0.29) is 0 Å². The third-order valence-corrected chi connectivity index (χ3v) is 7.21. The Morgan fingerprint density at radius 1 is 0.514 bits per heavy atom. The molecule has 0 bridgehead atoms. The van der Waals surface area contributed by atoms with Crippen molar-refractivity contribution in [1.82, 2.24) is 19.5 Å². The van der Waals surface area contributed by atoms with Gasteiger partial charge in [0.15, 0.2) is 5.82 Å². The number of aromatic nitrogens is 4. The molecule has 5 aromatic carbocycles. The van der Waals surface area contributed by atoms with Gasteiger partial charge in [0.2, 0.25) is 0 Å². The van der Waals surface area contributed by atoms with E-state index in [0.717, 1.165) is 44.2 Å². The standard InChI is InChI=1S/C33H20N4/c1-2-10-23-20-30-27(19-22(23)9-1)24-13-4-6-17-29(24)37(30)33-25-14-3-5-16-28(25)35-32(36-33)26-15-7-11-21-12-8-18-34-31(21)26/h1-20H. The van der Waals surface area contributed by atoms with Crippen LogP contribution in [0.5, 0.6) is 0 Å². The Hall–Kier alpha value is -5.09. The van der Waals surface area contributed by atoms with Crippen LogP contribution in [-0.4, -0.2) is 19.5 Å². The maximum absolute atomic E-state index is 5.26. The number of rotatable bonds is 2. The number of hydrogen-bond donors (Lipinski definition) is 0. The van der Waals surface area contributed by atoms with Crippen LogP contribution in [0.2, 0.25) is 0 Å². The summed E-state index contributed by atoms with van der Waals surface area (Å²) in [5, 5.41) is 6.94. The van der Waals surface area contributed by atoms with Gasteiger partial charge in [0, 0.05) is 33.3 Å². The topological polar surface area (TPSA) is 43.6 Å². The molecule has 0 aliphatic rings. The minimum absolute atomic E-state index is 0.671.